The molecule has 1 amide bonds. The Morgan fingerprint density at radius 1 is 1.35 bits per heavy atom. The molecule has 26 heavy (non-hydrogen) atoms. The number of hydrogen-bond donors (Lipinski definition) is 2. The van der Waals surface area contributed by atoms with E-state index in [1.54, 1.807) is 0 Å². The highest BCUT2D eigenvalue weighted by atomic mass is 35.5. The highest BCUT2D eigenvalue weighted by Gasteiger charge is 2.38. The minimum atomic E-state index is -0.184. The number of allylic oxidation sites excluding steroid dienone is 1. The van der Waals surface area contributed by atoms with Crippen LogP contribution in [0.1, 0.15) is 52.5 Å². The zero-order valence-corrected chi connectivity index (χ0v) is 17.0. The van der Waals surface area contributed by atoms with Gasteiger partial charge in [0, 0.05) is 16.7 Å². The standard InChI is InChI=1S/C21H28ClN3O/c1-7-15(19(23-6)25-21(5)10-11-21)18(13(2)3)20(26)24-17-9-8-14(4)12-16(17)22/h8-9,12,25H,6-7,10-11H2,1-5H3,(H,24,26)/b19-15-. The zero-order valence-electron chi connectivity index (χ0n) is 16.3. The molecule has 0 saturated heterocycles. The summed E-state index contributed by atoms with van der Waals surface area (Å²) in [5.74, 6) is 0.505. The summed E-state index contributed by atoms with van der Waals surface area (Å²) in [5.41, 5.74) is 4.13. The van der Waals surface area contributed by atoms with Gasteiger partial charge in [0.05, 0.1) is 10.7 Å². The van der Waals surface area contributed by atoms with Gasteiger partial charge in [-0.05, 0) is 71.4 Å². The Bertz CT molecular complexity index is 784. The van der Waals surface area contributed by atoms with E-state index in [0.717, 1.165) is 29.6 Å². The van der Waals surface area contributed by atoms with Gasteiger partial charge in [-0.3, -0.25) is 4.79 Å². The SMILES string of the molecule is C=N/C(NC1(C)CC1)=C(\CC)C(C(=O)Nc1ccc(C)cc1Cl)=C(C)C. The number of anilines is 1. The summed E-state index contributed by atoms with van der Waals surface area (Å²) in [6, 6.07) is 5.58. The van der Waals surface area contributed by atoms with E-state index < -0.39 is 0 Å². The predicted octanol–water partition coefficient (Wildman–Crippen LogP) is 5.39. The van der Waals surface area contributed by atoms with Crippen LogP contribution in [0.15, 0.2) is 45.7 Å². The molecule has 1 saturated carbocycles. The summed E-state index contributed by atoms with van der Waals surface area (Å²) in [5, 5.41) is 6.92. The van der Waals surface area contributed by atoms with Crippen molar-refractivity contribution in [1.29, 1.82) is 0 Å². The van der Waals surface area contributed by atoms with Crippen molar-refractivity contribution < 1.29 is 4.79 Å². The van der Waals surface area contributed by atoms with Crippen LogP contribution < -0.4 is 10.6 Å². The molecule has 0 aromatic heterocycles. The molecule has 2 N–H and O–H groups in total. The highest BCUT2D eigenvalue weighted by Crippen LogP contribution is 2.37. The number of halogens is 1. The summed E-state index contributed by atoms with van der Waals surface area (Å²) in [4.78, 5) is 17.2. The number of carbonyl (C=O) groups is 1. The topological polar surface area (TPSA) is 53.5 Å². The second kappa shape index (κ2) is 8.09. The number of amides is 1. The number of nitrogens with zero attached hydrogens (tertiary/aromatic N) is 1. The van der Waals surface area contributed by atoms with Crippen molar-refractivity contribution in [1.82, 2.24) is 5.32 Å². The summed E-state index contributed by atoms with van der Waals surface area (Å²) < 4.78 is 0. The van der Waals surface area contributed by atoms with Crippen LogP contribution in [-0.2, 0) is 4.79 Å². The Labute approximate surface area is 161 Å². The number of hydrogen-bond acceptors (Lipinski definition) is 3. The first kappa shape index (κ1) is 20.2. The van der Waals surface area contributed by atoms with Gasteiger partial charge in [0.1, 0.15) is 5.82 Å². The minimum absolute atomic E-state index is 0.0560. The highest BCUT2D eigenvalue weighted by molar-refractivity contribution is 6.34. The molecule has 1 aromatic rings. The molecule has 4 nitrogen and oxygen atoms in total. The van der Waals surface area contributed by atoms with E-state index in [4.69, 9.17) is 11.6 Å². The Kier molecular flexibility index (Phi) is 6.30. The lowest BCUT2D eigenvalue weighted by Gasteiger charge is -2.20. The maximum absolute atomic E-state index is 13.0. The number of benzene rings is 1. The van der Waals surface area contributed by atoms with E-state index in [1.165, 1.54) is 0 Å². The molecule has 0 aliphatic heterocycles. The van der Waals surface area contributed by atoms with Crippen LogP contribution in [-0.4, -0.2) is 18.2 Å². The van der Waals surface area contributed by atoms with Crippen LogP contribution in [0.5, 0.6) is 0 Å². The third-order valence-electron chi connectivity index (χ3n) is 4.62. The van der Waals surface area contributed by atoms with Gasteiger partial charge >= 0.3 is 0 Å². The lowest BCUT2D eigenvalue weighted by Crippen LogP contribution is -2.29. The fourth-order valence-corrected chi connectivity index (χ4v) is 3.13. The summed E-state index contributed by atoms with van der Waals surface area (Å²) >= 11 is 6.27. The Morgan fingerprint density at radius 2 is 2.00 bits per heavy atom. The molecule has 1 aromatic carbocycles. The Hall–Kier alpha value is -2.07. The maximum atomic E-state index is 13.0. The first-order valence-electron chi connectivity index (χ1n) is 8.94. The molecule has 1 aliphatic rings. The van der Waals surface area contributed by atoms with E-state index >= 15 is 0 Å². The number of nitrogens with one attached hydrogen (secondary N) is 2. The first-order valence-corrected chi connectivity index (χ1v) is 9.32. The molecule has 0 spiro atoms. The fourth-order valence-electron chi connectivity index (χ4n) is 2.84. The smallest absolute Gasteiger partial charge is 0.256 e. The monoisotopic (exact) mass is 373 g/mol. The van der Waals surface area contributed by atoms with Crippen molar-refractivity contribution in [3.8, 4) is 0 Å². The van der Waals surface area contributed by atoms with Crippen LogP contribution in [0.25, 0.3) is 0 Å². The lowest BCUT2D eigenvalue weighted by molar-refractivity contribution is -0.112. The summed E-state index contributed by atoms with van der Waals surface area (Å²) in [6.07, 6.45) is 2.86. The van der Waals surface area contributed by atoms with E-state index in [0.29, 0.717) is 28.5 Å². The largest absolute Gasteiger partial charge is 0.365 e. The van der Waals surface area contributed by atoms with Gasteiger partial charge < -0.3 is 10.6 Å². The van der Waals surface area contributed by atoms with Crippen molar-refractivity contribution >= 4 is 29.9 Å². The van der Waals surface area contributed by atoms with E-state index in [2.05, 4.69) is 29.3 Å². The van der Waals surface area contributed by atoms with Crippen molar-refractivity contribution in [2.24, 2.45) is 4.99 Å². The van der Waals surface area contributed by atoms with Gasteiger partial charge in [-0.15, -0.1) is 0 Å². The van der Waals surface area contributed by atoms with Gasteiger partial charge in [0.15, 0.2) is 0 Å². The van der Waals surface area contributed by atoms with Crippen molar-refractivity contribution in [2.45, 2.75) is 59.4 Å². The van der Waals surface area contributed by atoms with Crippen molar-refractivity contribution in [2.75, 3.05) is 5.32 Å². The summed E-state index contributed by atoms with van der Waals surface area (Å²) in [7, 11) is 0. The number of aliphatic imine (C=N–C) groups is 1. The quantitative estimate of drug-likeness (QED) is 0.382. The van der Waals surface area contributed by atoms with Gasteiger partial charge in [-0.1, -0.05) is 30.2 Å². The van der Waals surface area contributed by atoms with Crippen LogP contribution in [0.4, 0.5) is 5.69 Å². The van der Waals surface area contributed by atoms with Crippen molar-refractivity contribution in [3.05, 3.63) is 51.3 Å². The third-order valence-corrected chi connectivity index (χ3v) is 4.93. The summed E-state index contributed by atoms with van der Waals surface area (Å²) in [6.45, 7) is 13.7. The molecule has 0 bridgehead atoms. The van der Waals surface area contributed by atoms with Crippen LogP contribution in [0.3, 0.4) is 0 Å². The number of carbonyl (C=O) groups excluding carboxylic acids is 1. The normalized spacial score (nSPS) is 15.6. The molecule has 0 unspecified atom stereocenters. The molecule has 0 heterocycles. The van der Waals surface area contributed by atoms with Gasteiger partial charge in [-0.2, -0.15) is 0 Å². The van der Waals surface area contributed by atoms with Crippen LogP contribution >= 0.6 is 11.6 Å². The van der Waals surface area contributed by atoms with E-state index in [1.807, 2.05) is 45.9 Å². The molecule has 5 heteroatoms. The lowest BCUT2D eigenvalue weighted by atomic mass is 9.97. The average molecular weight is 374 g/mol. The minimum Gasteiger partial charge on any atom is -0.365 e. The Balaban J connectivity index is 2.38. The third kappa shape index (κ3) is 4.76. The van der Waals surface area contributed by atoms with Crippen LogP contribution in [0.2, 0.25) is 5.02 Å². The molecular formula is C21H28ClN3O. The fraction of sp³-hybridized carbons (Fsp3) is 0.429. The molecule has 0 radical (unpaired) electrons. The maximum Gasteiger partial charge on any atom is 0.256 e. The predicted molar refractivity (Wildman–Crippen MR) is 111 cm³/mol. The van der Waals surface area contributed by atoms with E-state index in [9.17, 15) is 4.79 Å². The first-order chi connectivity index (χ1) is 12.2. The Morgan fingerprint density at radius 3 is 2.46 bits per heavy atom. The van der Waals surface area contributed by atoms with Gasteiger partial charge in [0.2, 0.25) is 0 Å². The average Bonchev–Trinajstić information content (AvgIpc) is 3.30. The van der Waals surface area contributed by atoms with Gasteiger partial charge in [-0.25, -0.2) is 4.99 Å². The molecule has 1 aliphatic carbocycles. The molecule has 1 fully saturated rings. The second-order valence-corrected chi connectivity index (χ2v) is 7.74. The molecule has 2 rings (SSSR count). The second-order valence-electron chi connectivity index (χ2n) is 7.34. The number of aryl methyl sites for hydroxylation is 1. The number of rotatable bonds is 7. The molecule has 0 atom stereocenters. The van der Waals surface area contributed by atoms with E-state index in [-0.39, 0.29) is 11.4 Å². The van der Waals surface area contributed by atoms with Gasteiger partial charge in [0.25, 0.3) is 5.91 Å². The van der Waals surface area contributed by atoms with Crippen molar-refractivity contribution in [3.63, 3.8) is 0 Å². The molecule has 140 valence electrons. The zero-order chi connectivity index (χ0) is 19.5. The van der Waals surface area contributed by atoms with Crippen LogP contribution in [0, 0.1) is 6.92 Å². The molecular weight excluding hydrogens is 346 g/mol.